The number of aromatic nitrogens is 1. The summed E-state index contributed by atoms with van der Waals surface area (Å²) in [5.41, 5.74) is 0.309. The predicted octanol–water partition coefficient (Wildman–Crippen LogP) is 5.90. The van der Waals surface area contributed by atoms with E-state index < -0.39 is 23.5 Å². The van der Waals surface area contributed by atoms with Gasteiger partial charge in [-0.2, -0.15) is 0 Å². The van der Waals surface area contributed by atoms with E-state index in [9.17, 15) is 18.7 Å². The second-order valence-corrected chi connectivity index (χ2v) is 11.0. The summed E-state index contributed by atoms with van der Waals surface area (Å²) in [5.74, 6) is 0.205. The fourth-order valence-electron chi connectivity index (χ4n) is 5.83. The second kappa shape index (κ2) is 10.4. The van der Waals surface area contributed by atoms with Gasteiger partial charge in [0, 0.05) is 29.5 Å². The number of aliphatic hydroxyl groups is 1. The molecular formula is C28H26BrClF2N2O4. The van der Waals surface area contributed by atoms with Gasteiger partial charge in [-0.25, -0.2) is 13.8 Å². The molecule has 1 aliphatic carbocycles. The van der Waals surface area contributed by atoms with Crippen LogP contribution in [-0.4, -0.2) is 48.0 Å². The molecular weight excluding hydrogens is 582 g/mol. The molecule has 10 heteroatoms. The molecule has 200 valence electrons. The van der Waals surface area contributed by atoms with Crippen LogP contribution >= 0.6 is 27.5 Å². The van der Waals surface area contributed by atoms with E-state index in [4.69, 9.17) is 21.1 Å². The van der Waals surface area contributed by atoms with Gasteiger partial charge in [-0.1, -0.05) is 70.0 Å². The number of methoxy groups -OCH3 is 1. The molecule has 2 fully saturated rings. The summed E-state index contributed by atoms with van der Waals surface area (Å²) in [5, 5.41) is 12.5. The lowest BCUT2D eigenvalue weighted by Crippen LogP contribution is -2.48. The van der Waals surface area contributed by atoms with Gasteiger partial charge in [-0.3, -0.25) is 4.79 Å². The number of carbonyl (C=O) groups excluding carboxylic acids is 1. The van der Waals surface area contributed by atoms with E-state index in [1.54, 1.807) is 6.07 Å². The quantitative estimate of drug-likeness (QED) is 0.289. The number of amides is 1. The van der Waals surface area contributed by atoms with Crippen molar-refractivity contribution < 1.29 is 28.2 Å². The van der Waals surface area contributed by atoms with Gasteiger partial charge in [0.25, 0.3) is 0 Å². The van der Waals surface area contributed by atoms with E-state index in [2.05, 4.69) is 33.0 Å². The van der Waals surface area contributed by atoms with Crippen molar-refractivity contribution in [3.05, 3.63) is 87.0 Å². The van der Waals surface area contributed by atoms with Gasteiger partial charge < -0.3 is 19.5 Å². The van der Waals surface area contributed by atoms with Crippen LogP contribution in [0.25, 0.3) is 0 Å². The molecule has 1 amide bonds. The fourth-order valence-corrected chi connectivity index (χ4v) is 6.27. The maximum absolute atomic E-state index is 12.2. The van der Waals surface area contributed by atoms with Crippen LogP contribution in [0.15, 0.2) is 65.1 Å². The van der Waals surface area contributed by atoms with E-state index in [-0.39, 0.29) is 24.2 Å². The van der Waals surface area contributed by atoms with E-state index in [1.807, 2.05) is 42.5 Å². The molecule has 38 heavy (non-hydrogen) atoms. The van der Waals surface area contributed by atoms with Crippen molar-refractivity contribution in [3.8, 4) is 11.6 Å². The van der Waals surface area contributed by atoms with E-state index >= 15 is 0 Å². The van der Waals surface area contributed by atoms with Crippen LogP contribution in [0.4, 0.5) is 8.78 Å². The average Bonchev–Trinajstić information content (AvgIpc) is 3.30. The molecule has 3 aromatic rings. The highest BCUT2D eigenvalue weighted by molar-refractivity contribution is 9.10. The highest BCUT2D eigenvalue weighted by atomic mass is 79.9. The third kappa shape index (κ3) is 4.34. The van der Waals surface area contributed by atoms with Crippen molar-refractivity contribution in [1.29, 1.82) is 0 Å². The van der Waals surface area contributed by atoms with Gasteiger partial charge in [0.15, 0.2) is 5.60 Å². The predicted molar refractivity (Wildman–Crippen MR) is 142 cm³/mol. The number of hydrogen-bond donors (Lipinski definition) is 1. The highest BCUT2D eigenvalue weighted by Crippen LogP contribution is 2.68. The minimum atomic E-state index is -2.26. The molecule has 1 N–H and O–H groups in total. The molecule has 1 saturated heterocycles. The minimum Gasteiger partial charge on any atom is -0.481 e. The zero-order valence-electron chi connectivity index (χ0n) is 20.5. The molecule has 0 spiro atoms. The van der Waals surface area contributed by atoms with Gasteiger partial charge in [0.05, 0.1) is 18.6 Å². The lowest BCUT2D eigenvalue weighted by Gasteiger charge is -2.40. The number of hydrogen-bond acceptors (Lipinski definition) is 5. The fraction of sp³-hybridized carbons (Fsp3) is 0.357. The normalized spacial score (nSPS) is 25.6. The minimum absolute atomic E-state index is 0.0502. The smallest absolute Gasteiger partial charge is 0.244 e. The summed E-state index contributed by atoms with van der Waals surface area (Å²) in [4.78, 5) is 15.5. The molecule has 2 aromatic carbocycles. The van der Waals surface area contributed by atoms with Gasteiger partial charge >= 0.3 is 0 Å². The first-order chi connectivity index (χ1) is 18.2. The monoisotopic (exact) mass is 606 g/mol. The first-order valence-corrected chi connectivity index (χ1v) is 13.4. The van der Waals surface area contributed by atoms with E-state index in [0.717, 1.165) is 22.0 Å². The molecule has 3 unspecified atom stereocenters. The number of ether oxygens (including phenoxy) is 2. The molecule has 6 nitrogen and oxygen atoms in total. The largest absolute Gasteiger partial charge is 0.481 e. The van der Waals surface area contributed by atoms with E-state index in [1.165, 1.54) is 12.0 Å². The number of rotatable bonds is 5. The molecule has 3 heterocycles. The summed E-state index contributed by atoms with van der Waals surface area (Å²) in [6, 6.07) is 19.8. The number of likely N-dealkylation sites (tertiary alicyclic amines) is 1. The maximum Gasteiger partial charge on any atom is 0.244 e. The van der Waals surface area contributed by atoms with Gasteiger partial charge in [0.1, 0.15) is 16.5 Å². The lowest BCUT2D eigenvalue weighted by atomic mass is 9.72. The number of nitrogens with zero attached hydrogens (tertiary/aromatic N) is 2. The SMILES string of the molecule is COc1nc(Cl)cc2c1C1(O)CCC(c3ccccc3)C1(c1ccc(Br)cc1)O2.O=CN1CC(C(F)F)C1. The van der Waals surface area contributed by atoms with Crippen LogP contribution < -0.4 is 9.47 Å². The molecule has 3 aliphatic rings. The van der Waals surface area contributed by atoms with Crippen LogP contribution in [0.2, 0.25) is 5.15 Å². The van der Waals surface area contributed by atoms with Crippen molar-refractivity contribution >= 4 is 33.9 Å². The Kier molecular flexibility index (Phi) is 7.37. The van der Waals surface area contributed by atoms with Crippen LogP contribution in [0.1, 0.15) is 35.4 Å². The third-order valence-electron chi connectivity index (χ3n) is 7.62. The van der Waals surface area contributed by atoms with Gasteiger partial charge in [0.2, 0.25) is 18.7 Å². The Hall–Kier alpha value is -2.75. The van der Waals surface area contributed by atoms with Gasteiger partial charge in [-0.15, -0.1) is 0 Å². The first-order valence-electron chi connectivity index (χ1n) is 12.2. The van der Waals surface area contributed by atoms with Crippen LogP contribution in [-0.2, 0) is 16.0 Å². The number of alkyl halides is 2. The number of halogens is 4. The molecule has 1 saturated carbocycles. The lowest BCUT2D eigenvalue weighted by molar-refractivity contribution is -0.127. The van der Waals surface area contributed by atoms with Crippen LogP contribution in [0.5, 0.6) is 11.6 Å². The second-order valence-electron chi connectivity index (χ2n) is 9.69. The van der Waals surface area contributed by atoms with Crippen molar-refractivity contribution in [1.82, 2.24) is 9.88 Å². The number of fused-ring (bicyclic) bond motifs is 3. The Balaban J connectivity index is 0.000000278. The number of benzene rings is 2. The summed E-state index contributed by atoms with van der Waals surface area (Å²) >= 11 is 9.72. The van der Waals surface area contributed by atoms with Crippen molar-refractivity contribution in [2.45, 2.75) is 36.4 Å². The Morgan fingerprint density at radius 1 is 1.21 bits per heavy atom. The summed E-state index contributed by atoms with van der Waals surface area (Å²) in [7, 11) is 1.53. The summed E-state index contributed by atoms with van der Waals surface area (Å²) in [6.45, 7) is 0.447. The maximum atomic E-state index is 12.2. The molecule has 0 radical (unpaired) electrons. The Labute approximate surface area is 232 Å². The average molecular weight is 608 g/mol. The highest BCUT2D eigenvalue weighted by Gasteiger charge is 2.69. The molecule has 0 bridgehead atoms. The Bertz CT molecular complexity index is 1310. The van der Waals surface area contributed by atoms with Crippen LogP contribution in [0, 0.1) is 5.92 Å². The summed E-state index contributed by atoms with van der Waals surface area (Å²) in [6.07, 6.45) is -0.378. The first kappa shape index (κ1) is 26.8. The van der Waals surface area contributed by atoms with Crippen molar-refractivity contribution in [2.75, 3.05) is 20.2 Å². The van der Waals surface area contributed by atoms with Crippen LogP contribution in [0.3, 0.4) is 0 Å². The number of pyridine rings is 1. The molecule has 1 aromatic heterocycles. The topological polar surface area (TPSA) is 71.9 Å². The van der Waals surface area contributed by atoms with Crippen molar-refractivity contribution in [2.24, 2.45) is 5.92 Å². The standard InChI is InChI=1S/C23H19BrClNO3.C5H7F2NO/c1-28-21-20-18(13-19(25)26-21)29-23(15-7-9-16(24)10-8-15)17(11-12-22(20,23)27)14-5-3-2-4-6-14;6-5(7)4-1-8(2-4)3-9/h2-10,13,17,27H,11-12H2,1H3;3-5H,1-2H2. The summed E-state index contributed by atoms with van der Waals surface area (Å²) < 4.78 is 36.4. The zero-order chi connectivity index (χ0) is 27.1. The number of carbonyl (C=O) groups is 1. The Morgan fingerprint density at radius 3 is 2.50 bits per heavy atom. The molecule has 3 atom stereocenters. The van der Waals surface area contributed by atoms with Gasteiger partial charge in [-0.05, 0) is 36.1 Å². The molecule has 6 rings (SSSR count). The van der Waals surface area contributed by atoms with Crippen molar-refractivity contribution in [3.63, 3.8) is 0 Å². The molecule has 2 aliphatic heterocycles. The van der Waals surface area contributed by atoms with E-state index in [0.29, 0.717) is 30.0 Å². The zero-order valence-corrected chi connectivity index (χ0v) is 22.8. The third-order valence-corrected chi connectivity index (χ3v) is 8.34. The Morgan fingerprint density at radius 2 is 1.89 bits per heavy atom.